The molecule has 0 aliphatic carbocycles. The Kier molecular flexibility index (Phi) is 26.0. The minimum absolute atomic E-state index is 0.00136. The van der Waals surface area contributed by atoms with E-state index in [1.54, 1.807) is 45.1 Å². The first-order valence-electron chi connectivity index (χ1n) is 22.8. The Hall–Kier alpha value is -3.22. The molecule has 0 bridgehead atoms. The molecule has 16 nitrogen and oxygen atoms in total. The predicted octanol–water partition coefficient (Wildman–Crippen LogP) is 3.38. The molecule has 0 aromatic heterocycles. The number of benzene rings is 1. The highest BCUT2D eigenvalue weighted by atomic mass is 16.6. The summed E-state index contributed by atoms with van der Waals surface area (Å²) in [5.74, 6) is -1.88. The van der Waals surface area contributed by atoms with Crippen LogP contribution in [0, 0.1) is 23.7 Å². The van der Waals surface area contributed by atoms with Crippen molar-refractivity contribution in [3.63, 3.8) is 0 Å². The number of aliphatic hydroxyl groups excluding tert-OH is 1. The summed E-state index contributed by atoms with van der Waals surface area (Å²) in [5.41, 5.74) is 0.905. The average molecular weight is 894 g/mol. The van der Waals surface area contributed by atoms with Crippen molar-refractivity contribution < 1.29 is 52.7 Å². The first-order chi connectivity index (χ1) is 29.9. The third-order valence-electron chi connectivity index (χ3n) is 12.2. The Morgan fingerprint density at radius 2 is 1.44 bits per heavy atom. The number of aliphatic hydroxyl groups is 1. The molecule has 1 saturated heterocycles. The number of hydrogen-bond acceptors (Lipinski definition) is 12. The number of methoxy groups -OCH3 is 3. The van der Waals surface area contributed by atoms with Gasteiger partial charge in [0.15, 0.2) is 6.29 Å². The van der Waals surface area contributed by atoms with Crippen LogP contribution in [0.3, 0.4) is 0 Å². The summed E-state index contributed by atoms with van der Waals surface area (Å²) in [7, 11) is 10.1. The van der Waals surface area contributed by atoms with Crippen LogP contribution in [0.1, 0.15) is 79.7 Å². The maximum atomic E-state index is 14.4. The number of likely N-dealkylation sites (tertiary alicyclic amines) is 1. The molecule has 362 valence electrons. The molecule has 1 aromatic carbocycles. The fraction of sp³-hybridized carbons (Fsp3) is 0.787. The fourth-order valence-electron chi connectivity index (χ4n) is 8.62. The van der Waals surface area contributed by atoms with Crippen molar-refractivity contribution in [3.05, 3.63) is 35.9 Å². The van der Waals surface area contributed by atoms with E-state index in [0.29, 0.717) is 45.8 Å². The quantitative estimate of drug-likeness (QED) is 0.0733. The topological polar surface area (TPSA) is 178 Å². The molecular weight excluding hydrogens is 811 g/mol. The first-order valence-corrected chi connectivity index (χ1v) is 22.8. The summed E-state index contributed by atoms with van der Waals surface area (Å²) in [6, 6.07) is 6.67. The van der Waals surface area contributed by atoms with Crippen LogP contribution in [0.25, 0.3) is 0 Å². The van der Waals surface area contributed by atoms with Crippen LogP contribution in [0.2, 0.25) is 0 Å². The zero-order valence-corrected chi connectivity index (χ0v) is 40.7. The number of nitrogens with one attached hydrogen (secondary N) is 2. The largest absolute Gasteiger partial charge is 0.382 e. The molecule has 4 amide bonds. The van der Waals surface area contributed by atoms with Gasteiger partial charge in [0.2, 0.25) is 23.6 Å². The lowest BCUT2D eigenvalue weighted by Crippen LogP contribution is -2.59. The fourth-order valence-corrected chi connectivity index (χ4v) is 8.62. The monoisotopic (exact) mass is 894 g/mol. The Labute approximate surface area is 378 Å². The maximum Gasteiger partial charge on any atom is 0.245 e. The summed E-state index contributed by atoms with van der Waals surface area (Å²) in [5, 5.41) is 17.2. The smallest absolute Gasteiger partial charge is 0.245 e. The average Bonchev–Trinajstić information content (AvgIpc) is 3.73. The van der Waals surface area contributed by atoms with Gasteiger partial charge in [0, 0.05) is 34.9 Å². The van der Waals surface area contributed by atoms with Gasteiger partial charge in [0.05, 0.1) is 88.4 Å². The molecule has 1 aromatic rings. The van der Waals surface area contributed by atoms with Crippen LogP contribution in [0.5, 0.6) is 0 Å². The van der Waals surface area contributed by atoms with E-state index in [2.05, 4.69) is 10.6 Å². The normalized spacial score (nSPS) is 18.7. The van der Waals surface area contributed by atoms with Gasteiger partial charge in [0.1, 0.15) is 6.04 Å². The Morgan fingerprint density at radius 1 is 0.825 bits per heavy atom. The van der Waals surface area contributed by atoms with Crippen molar-refractivity contribution in [2.75, 3.05) is 88.7 Å². The van der Waals surface area contributed by atoms with Gasteiger partial charge in [-0.3, -0.25) is 24.1 Å². The second kappa shape index (κ2) is 29.3. The number of hydrogen-bond donors (Lipinski definition) is 3. The number of likely N-dealkylation sites (N-methyl/N-ethyl adjacent to an activating group) is 2. The van der Waals surface area contributed by atoms with Gasteiger partial charge >= 0.3 is 0 Å². The predicted molar refractivity (Wildman–Crippen MR) is 243 cm³/mol. The number of nitrogens with zero attached hydrogens (tertiary/aromatic N) is 3. The Balaban J connectivity index is 2.22. The third kappa shape index (κ3) is 17.6. The van der Waals surface area contributed by atoms with E-state index in [4.69, 9.17) is 28.4 Å². The van der Waals surface area contributed by atoms with Crippen molar-refractivity contribution in [2.24, 2.45) is 23.7 Å². The second-order valence-corrected chi connectivity index (χ2v) is 17.8. The van der Waals surface area contributed by atoms with E-state index < -0.39 is 54.6 Å². The molecule has 0 saturated carbocycles. The van der Waals surface area contributed by atoms with Crippen LogP contribution < -0.4 is 10.6 Å². The van der Waals surface area contributed by atoms with Crippen molar-refractivity contribution in [1.82, 2.24) is 25.3 Å². The summed E-state index contributed by atoms with van der Waals surface area (Å²) in [6.07, 6.45) is -0.259. The molecule has 16 heteroatoms. The Morgan fingerprint density at radius 3 is 1.98 bits per heavy atom. The zero-order valence-electron chi connectivity index (χ0n) is 40.7. The molecule has 2 rings (SSSR count). The molecule has 63 heavy (non-hydrogen) atoms. The summed E-state index contributed by atoms with van der Waals surface area (Å²) in [4.78, 5) is 61.6. The number of ether oxygens (including phenoxy) is 6. The van der Waals surface area contributed by atoms with Crippen LogP contribution in [0.15, 0.2) is 30.3 Å². The van der Waals surface area contributed by atoms with Crippen LogP contribution in [0.4, 0.5) is 0 Å². The van der Waals surface area contributed by atoms with Gasteiger partial charge in [-0.05, 0) is 56.7 Å². The minimum Gasteiger partial charge on any atom is -0.382 e. The lowest BCUT2D eigenvalue weighted by atomic mass is 9.89. The zero-order chi connectivity index (χ0) is 47.2. The molecule has 0 radical (unpaired) electrons. The van der Waals surface area contributed by atoms with Crippen molar-refractivity contribution in [3.8, 4) is 0 Å². The standard InChI is InChI=1S/C47H83N5O11/c1-14-33(6)42(51(10)46(56)40(31(2)3)49-45(55)41(32(4)5)50(8)9)38(59-12)30-39(53)52-22-18-21-37(52)43(60-13)34(7)44(54)48-36(29-35-19-16-15-17-20-35)47(57)63-28-27-62-26-25-61-24-23-58-11/h15-17,19-20,31-34,36-38,40-43,47,57H,14,18,21-30H2,1-13H3,(H,48,54)(H,49,55)/t33-,34+,36-,37-,38+,40-,41?,42-,43+,47?/m0/s1. The van der Waals surface area contributed by atoms with E-state index in [9.17, 15) is 24.3 Å². The summed E-state index contributed by atoms with van der Waals surface area (Å²) in [6.45, 7) is 16.2. The van der Waals surface area contributed by atoms with E-state index in [0.717, 1.165) is 18.4 Å². The molecule has 1 heterocycles. The summed E-state index contributed by atoms with van der Waals surface area (Å²) >= 11 is 0. The maximum absolute atomic E-state index is 14.4. The molecular formula is C47H83N5O11. The van der Waals surface area contributed by atoms with Gasteiger partial charge in [-0.15, -0.1) is 0 Å². The number of carbonyl (C=O) groups is 4. The van der Waals surface area contributed by atoms with Crippen LogP contribution in [-0.2, 0) is 54.0 Å². The Bertz CT molecular complexity index is 1460. The number of carbonyl (C=O) groups excluding carboxylic acids is 4. The van der Waals surface area contributed by atoms with E-state index >= 15 is 0 Å². The molecule has 1 aliphatic rings. The van der Waals surface area contributed by atoms with Gasteiger partial charge in [-0.2, -0.15) is 0 Å². The molecule has 3 N–H and O–H groups in total. The van der Waals surface area contributed by atoms with Gasteiger partial charge in [-0.1, -0.05) is 85.2 Å². The van der Waals surface area contributed by atoms with E-state index in [-0.39, 0.29) is 61.0 Å². The molecule has 0 spiro atoms. The number of amides is 4. The van der Waals surface area contributed by atoms with Crippen LogP contribution >= 0.6 is 0 Å². The van der Waals surface area contributed by atoms with Crippen molar-refractivity contribution in [1.29, 1.82) is 0 Å². The highest BCUT2D eigenvalue weighted by molar-refractivity contribution is 5.90. The molecule has 1 fully saturated rings. The number of rotatable bonds is 31. The SMILES string of the molecule is CC[C@H](C)[C@@H]([C@@H](CC(=O)N1CCC[C@H]1[C@H](OC)[C@@H](C)C(=O)N[C@@H](Cc1ccccc1)C(O)OCCOCCOCCOC)OC)N(C)C(=O)[C@@H](NC(=O)C(C(C)C)N(C)C)C(C)C. The highest BCUT2D eigenvalue weighted by Gasteiger charge is 2.43. The lowest BCUT2D eigenvalue weighted by Gasteiger charge is -2.41. The molecule has 2 unspecified atom stereocenters. The third-order valence-corrected chi connectivity index (χ3v) is 12.2. The second-order valence-electron chi connectivity index (χ2n) is 17.8. The summed E-state index contributed by atoms with van der Waals surface area (Å²) < 4.78 is 33.8. The van der Waals surface area contributed by atoms with E-state index in [1.807, 2.05) is 90.9 Å². The molecule has 1 aliphatic heterocycles. The lowest BCUT2D eigenvalue weighted by molar-refractivity contribution is -0.150. The molecule has 10 atom stereocenters. The van der Waals surface area contributed by atoms with Crippen LogP contribution in [-0.4, -0.2) is 181 Å². The van der Waals surface area contributed by atoms with E-state index in [1.165, 1.54) is 0 Å². The first kappa shape index (κ1) is 55.9. The van der Waals surface area contributed by atoms with Crippen molar-refractivity contribution >= 4 is 23.6 Å². The van der Waals surface area contributed by atoms with Gasteiger partial charge in [0.25, 0.3) is 0 Å². The van der Waals surface area contributed by atoms with Gasteiger partial charge < -0.3 is 54.0 Å². The minimum atomic E-state index is -1.33. The van der Waals surface area contributed by atoms with Crippen molar-refractivity contribution in [2.45, 2.75) is 129 Å². The van der Waals surface area contributed by atoms with Gasteiger partial charge in [-0.25, -0.2) is 0 Å². The highest BCUT2D eigenvalue weighted by Crippen LogP contribution is 2.30.